The second kappa shape index (κ2) is 13.6. The zero-order chi connectivity index (χ0) is 44.1. The zero-order valence-corrected chi connectivity index (χ0v) is 39.8. The molecule has 0 amide bonds. The minimum absolute atomic E-state index is 0.0117. The van der Waals surface area contributed by atoms with E-state index >= 15 is 0 Å². The van der Waals surface area contributed by atoms with E-state index in [0.717, 1.165) is 17.8 Å². The topological polar surface area (TPSA) is 9.72 Å². The molecule has 8 aromatic rings. The highest BCUT2D eigenvalue weighted by molar-refractivity contribution is 7.26. The van der Waals surface area contributed by atoms with Crippen LogP contribution in [0, 0.1) is 6.92 Å². The summed E-state index contributed by atoms with van der Waals surface area (Å²) in [4.78, 5) is 8.06. The molecule has 4 heterocycles. The van der Waals surface area contributed by atoms with Crippen molar-refractivity contribution in [3.05, 3.63) is 162 Å². The smallest absolute Gasteiger partial charge is 0.252 e. The van der Waals surface area contributed by atoms with Gasteiger partial charge in [0.25, 0.3) is 6.71 Å². The van der Waals surface area contributed by atoms with Crippen molar-refractivity contribution in [1.82, 2.24) is 0 Å². The summed E-state index contributed by atoms with van der Waals surface area (Å²) >= 11 is 1.93. The molecule has 3 aliphatic heterocycles. The lowest BCUT2D eigenvalue weighted by Crippen LogP contribution is -2.64. The van der Waals surface area contributed by atoms with Crippen LogP contribution in [0.3, 0.4) is 0 Å². The predicted molar refractivity (Wildman–Crippen MR) is 278 cm³/mol. The first kappa shape index (κ1) is 39.8. The summed E-state index contributed by atoms with van der Waals surface area (Å²) in [6, 6.07) is 53.8. The lowest BCUT2D eigenvalue weighted by atomic mass is 9.33. The van der Waals surface area contributed by atoms with E-state index in [2.05, 4.69) is 217 Å². The normalized spacial score (nSPS) is 19.7. The number of para-hydroxylation sites is 2. The third kappa shape index (κ3) is 5.52. The van der Waals surface area contributed by atoms with E-state index in [1.807, 2.05) is 11.3 Å². The Morgan fingerprint density at radius 3 is 1.91 bits per heavy atom. The number of fused-ring (bicyclic) bond motifs is 10. The third-order valence-corrected chi connectivity index (χ3v) is 17.1. The van der Waals surface area contributed by atoms with Crippen molar-refractivity contribution in [2.75, 3.05) is 14.7 Å². The maximum Gasteiger partial charge on any atom is 0.252 e. The van der Waals surface area contributed by atoms with Gasteiger partial charge in [-0.3, -0.25) is 0 Å². The first-order chi connectivity index (χ1) is 30.7. The van der Waals surface area contributed by atoms with Crippen molar-refractivity contribution in [2.24, 2.45) is 0 Å². The molecule has 5 heteroatoms. The molecular weight excluding hydrogens is 794 g/mol. The van der Waals surface area contributed by atoms with Gasteiger partial charge in [-0.05, 0) is 136 Å². The van der Waals surface area contributed by atoms with Gasteiger partial charge in [-0.25, -0.2) is 0 Å². The predicted octanol–water partition coefficient (Wildman–Crippen LogP) is 14.8. The highest BCUT2D eigenvalue weighted by atomic mass is 32.1. The molecule has 12 rings (SSSR count). The van der Waals surface area contributed by atoms with Crippen LogP contribution in [0.25, 0.3) is 20.2 Å². The van der Waals surface area contributed by atoms with Gasteiger partial charge >= 0.3 is 0 Å². The Labute approximate surface area is 384 Å². The molecule has 0 bridgehead atoms. The van der Waals surface area contributed by atoms with Gasteiger partial charge in [0.15, 0.2) is 0 Å². The molecule has 0 spiro atoms. The molecule has 3 nitrogen and oxygen atoms in total. The quantitative estimate of drug-likeness (QED) is 0.163. The summed E-state index contributed by atoms with van der Waals surface area (Å²) in [7, 11) is 0. The summed E-state index contributed by atoms with van der Waals surface area (Å²) in [5, 5.41) is 2.71. The second-order valence-corrected chi connectivity index (χ2v) is 22.9. The molecule has 64 heavy (non-hydrogen) atoms. The van der Waals surface area contributed by atoms with Gasteiger partial charge in [0, 0.05) is 60.0 Å². The van der Waals surface area contributed by atoms with E-state index in [-0.39, 0.29) is 28.5 Å². The van der Waals surface area contributed by atoms with Crippen LogP contribution in [0.4, 0.5) is 45.5 Å². The molecule has 1 saturated carbocycles. The minimum Gasteiger partial charge on any atom is -0.335 e. The highest BCUT2D eigenvalue weighted by Gasteiger charge is 2.61. The number of anilines is 8. The summed E-state index contributed by atoms with van der Waals surface area (Å²) < 4.78 is 2.68. The molecule has 1 fully saturated rings. The molecule has 318 valence electrons. The number of rotatable bonds is 4. The fourth-order valence-corrected chi connectivity index (χ4v) is 13.5. The second-order valence-electron chi connectivity index (χ2n) is 21.8. The zero-order valence-electron chi connectivity index (χ0n) is 38.9. The highest BCUT2D eigenvalue weighted by Crippen LogP contribution is 2.63. The van der Waals surface area contributed by atoms with Crippen molar-refractivity contribution >= 4 is 100 Å². The molecule has 0 N–H and O–H groups in total. The molecular formula is C59H58BN3S. The maximum absolute atomic E-state index is 2.90. The van der Waals surface area contributed by atoms with E-state index in [1.54, 1.807) is 5.56 Å². The SMILES string of the molecule is Cc1cc(C(C)(C)C)ccc1N1c2cc3sc4ccccc4c3cc2B2c3cc(C(C)(C)C)cc4c3N(c3cc(N(c5ccccc5)c5ccccc5)cc1c32)C1(C)CCCCC41C. The van der Waals surface area contributed by atoms with Gasteiger partial charge in [0.05, 0.1) is 11.2 Å². The van der Waals surface area contributed by atoms with Crippen molar-refractivity contribution in [2.45, 2.75) is 110 Å². The van der Waals surface area contributed by atoms with Gasteiger partial charge in [-0.1, -0.05) is 146 Å². The maximum atomic E-state index is 2.90. The largest absolute Gasteiger partial charge is 0.335 e. The Morgan fingerprint density at radius 1 is 0.562 bits per heavy atom. The van der Waals surface area contributed by atoms with E-state index in [0.29, 0.717) is 0 Å². The van der Waals surface area contributed by atoms with Crippen LogP contribution in [-0.2, 0) is 16.2 Å². The first-order valence-electron chi connectivity index (χ1n) is 23.6. The Kier molecular flexibility index (Phi) is 8.47. The van der Waals surface area contributed by atoms with E-state index in [1.165, 1.54) is 107 Å². The fraction of sp³-hybridized carbons (Fsp3) is 0.288. The van der Waals surface area contributed by atoms with Gasteiger partial charge in [0.1, 0.15) is 0 Å². The Hall–Kier alpha value is -5.78. The molecule has 2 unspecified atom stereocenters. The van der Waals surface area contributed by atoms with Crippen molar-refractivity contribution in [3.8, 4) is 0 Å². The standard InChI is InChI=1S/C59H58BN3S/c1-37-30-38(56(2,3)4)26-27-48(37)62-49-36-53-44(43-24-16-17-25-52(43)64-53)35-46(49)60-47-32-39(57(5,6)7)31-45-55(47)63(59(9)29-19-18-28-58(45,59)8)51-34-42(33-50(62)54(51)60)61(40-20-12-10-13-21-40)41-22-14-11-15-23-41/h10-17,20-27,30-36H,18-19,28-29H2,1-9H3. The Balaban J connectivity index is 1.26. The molecule has 4 aliphatic rings. The lowest BCUT2D eigenvalue weighted by molar-refractivity contribution is 0.195. The molecule has 0 radical (unpaired) electrons. The monoisotopic (exact) mass is 851 g/mol. The van der Waals surface area contributed by atoms with E-state index < -0.39 is 0 Å². The Morgan fingerprint density at radius 2 is 1.22 bits per heavy atom. The summed E-state index contributed by atoms with van der Waals surface area (Å²) in [6.07, 6.45) is 4.84. The van der Waals surface area contributed by atoms with Crippen LogP contribution in [0.15, 0.2) is 140 Å². The average molecular weight is 852 g/mol. The molecule has 0 saturated heterocycles. The number of aryl methyl sites for hydroxylation is 1. The molecule has 7 aromatic carbocycles. The Bertz CT molecular complexity index is 3170. The average Bonchev–Trinajstić information content (AvgIpc) is 3.74. The lowest BCUT2D eigenvalue weighted by Gasteiger charge is -2.53. The van der Waals surface area contributed by atoms with Gasteiger partial charge < -0.3 is 14.7 Å². The van der Waals surface area contributed by atoms with Crippen LogP contribution in [0.1, 0.15) is 103 Å². The van der Waals surface area contributed by atoms with Crippen LogP contribution < -0.4 is 31.1 Å². The van der Waals surface area contributed by atoms with Crippen LogP contribution in [0.2, 0.25) is 0 Å². The number of nitrogens with zero attached hydrogens (tertiary/aromatic N) is 3. The first-order valence-corrected chi connectivity index (χ1v) is 24.4. The van der Waals surface area contributed by atoms with Crippen LogP contribution >= 0.6 is 11.3 Å². The van der Waals surface area contributed by atoms with Crippen LogP contribution in [-0.4, -0.2) is 12.3 Å². The minimum atomic E-state index is -0.108. The van der Waals surface area contributed by atoms with Gasteiger partial charge in [-0.2, -0.15) is 0 Å². The van der Waals surface area contributed by atoms with E-state index in [9.17, 15) is 0 Å². The van der Waals surface area contributed by atoms with E-state index in [4.69, 9.17) is 0 Å². The summed E-state index contributed by atoms with van der Waals surface area (Å²) in [6.45, 7) is 21.8. The van der Waals surface area contributed by atoms with Gasteiger partial charge in [-0.15, -0.1) is 11.3 Å². The summed E-state index contributed by atoms with van der Waals surface area (Å²) in [5.74, 6) is 0. The van der Waals surface area contributed by atoms with Crippen molar-refractivity contribution < 1.29 is 0 Å². The molecule has 1 aromatic heterocycles. The van der Waals surface area contributed by atoms with Crippen molar-refractivity contribution in [1.29, 1.82) is 0 Å². The molecule has 1 aliphatic carbocycles. The number of thiophene rings is 1. The van der Waals surface area contributed by atoms with Gasteiger partial charge in [0.2, 0.25) is 0 Å². The van der Waals surface area contributed by atoms with Crippen molar-refractivity contribution in [3.63, 3.8) is 0 Å². The van der Waals surface area contributed by atoms with Crippen LogP contribution in [0.5, 0.6) is 0 Å². The number of benzene rings is 7. The fourth-order valence-electron chi connectivity index (χ4n) is 12.3. The summed E-state index contributed by atoms with van der Waals surface area (Å²) in [5.41, 5.74) is 19.9. The number of hydrogen-bond donors (Lipinski definition) is 0. The number of hydrogen-bond acceptors (Lipinski definition) is 4. The third-order valence-electron chi connectivity index (χ3n) is 16.0. The molecule has 2 atom stereocenters.